The van der Waals surface area contributed by atoms with Crippen LogP contribution in [0.3, 0.4) is 0 Å². The summed E-state index contributed by atoms with van der Waals surface area (Å²) < 4.78 is 5.22. The Hall–Kier alpha value is -1.67. The highest BCUT2D eigenvalue weighted by Gasteiger charge is 2.21. The Morgan fingerprint density at radius 3 is 1.89 bits per heavy atom. The summed E-state index contributed by atoms with van der Waals surface area (Å²) in [4.78, 5) is 19.2. The first kappa shape index (κ1) is 38.9. The van der Waals surface area contributed by atoms with Crippen LogP contribution >= 0.6 is 0 Å². The molecule has 0 aromatic rings. The van der Waals surface area contributed by atoms with E-state index < -0.39 is 0 Å². The number of allylic oxidation sites excluding steroid dienone is 2. The van der Waals surface area contributed by atoms with E-state index >= 15 is 0 Å². The first-order chi connectivity index (χ1) is 17.1. The van der Waals surface area contributed by atoms with Gasteiger partial charge in [-0.2, -0.15) is 5.26 Å². The second-order valence-electron chi connectivity index (χ2n) is 10.4. The molecule has 1 aliphatic rings. The van der Waals surface area contributed by atoms with Gasteiger partial charge in [0.15, 0.2) is 5.78 Å². The largest absolute Gasteiger partial charge is 0.483 e. The number of unbranched alkanes of at least 4 members (excludes halogenated alkanes) is 1. The van der Waals surface area contributed by atoms with Gasteiger partial charge in [0.1, 0.15) is 6.07 Å². The number of carbonyl (C=O) groups excluding carboxylic acids is 1. The number of Topliss-reactive ketones (excluding diaryl/α,β-unsaturated/α-hetero) is 1. The maximum Gasteiger partial charge on any atom is 0.290 e. The summed E-state index contributed by atoms with van der Waals surface area (Å²) in [6, 6.07) is 1.90. The third-order valence-electron chi connectivity index (χ3n) is 6.57. The van der Waals surface area contributed by atoms with Gasteiger partial charge in [-0.05, 0) is 43.4 Å². The zero-order chi connectivity index (χ0) is 28.2. The van der Waals surface area contributed by atoms with Gasteiger partial charge in [-0.25, -0.2) is 0 Å². The topological polar surface area (TPSA) is 87.4 Å². The highest BCUT2D eigenvalue weighted by atomic mass is 16.5. The van der Waals surface area contributed by atoms with Crippen molar-refractivity contribution in [1.29, 1.82) is 5.26 Å². The highest BCUT2D eigenvalue weighted by molar-refractivity contribution is 5.97. The molecule has 5 nitrogen and oxygen atoms in total. The van der Waals surface area contributed by atoms with Crippen LogP contribution in [-0.4, -0.2) is 30.6 Å². The maximum atomic E-state index is 10.9. The lowest BCUT2D eigenvalue weighted by atomic mass is 9.76. The first-order valence-corrected chi connectivity index (χ1v) is 14.4. The maximum absolute atomic E-state index is 10.9. The average molecular weight is 510 g/mol. The van der Waals surface area contributed by atoms with Crippen LogP contribution in [-0.2, 0) is 14.3 Å². The first-order valence-electron chi connectivity index (χ1n) is 14.4. The number of ether oxygens (including phenoxy) is 1. The van der Waals surface area contributed by atoms with E-state index in [0.29, 0.717) is 0 Å². The van der Waals surface area contributed by atoms with Gasteiger partial charge in [0, 0.05) is 13.2 Å². The Labute approximate surface area is 224 Å². The van der Waals surface area contributed by atoms with Gasteiger partial charge in [-0.1, -0.05) is 119 Å². The molecule has 212 valence electrons. The van der Waals surface area contributed by atoms with Crippen LogP contribution in [0.25, 0.3) is 0 Å². The lowest BCUT2D eigenvalue weighted by Crippen LogP contribution is -2.17. The molecule has 36 heavy (non-hydrogen) atoms. The van der Waals surface area contributed by atoms with Gasteiger partial charge in [0.2, 0.25) is 0 Å². The molecule has 1 aliphatic carbocycles. The summed E-state index contributed by atoms with van der Waals surface area (Å²) in [5, 5.41) is 15.5. The number of nitrogens with zero attached hydrogens (tertiary/aromatic N) is 1. The Morgan fingerprint density at radius 2 is 1.53 bits per heavy atom. The Bertz CT molecular complexity index is 560. The predicted octanol–water partition coefficient (Wildman–Crippen LogP) is 9.16. The molecule has 0 unspecified atom stereocenters. The number of carbonyl (C=O) groups is 2. The molecule has 0 radical (unpaired) electrons. The highest BCUT2D eigenvalue weighted by Crippen LogP contribution is 2.34. The third-order valence-corrected chi connectivity index (χ3v) is 6.57. The fraction of sp³-hybridized carbons (Fsp3) is 0.839. The van der Waals surface area contributed by atoms with Gasteiger partial charge in [0.05, 0.1) is 5.57 Å². The lowest BCUT2D eigenvalue weighted by molar-refractivity contribution is -0.122. The normalized spacial score (nSPS) is 13.7. The van der Waals surface area contributed by atoms with Crippen LogP contribution in [0.15, 0.2) is 11.6 Å². The molecule has 1 N–H and O–H groups in total. The van der Waals surface area contributed by atoms with Gasteiger partial charge >= 0.3 is 0 Å². The molecule has 5 heteroatoms. The minimum absolute atomic E-state index is 0.0588. The lowest BCUT2D eigenvalue weighted by Gasteiger charge is -2.30. The Kier molecular flexibility index (Phi) is 30.1. The molecule has 1 rings (SSSR count). The molecule has 0 aromatic heterocycles. The second-order valence-corrected chi connectivity index (χ2v) is 10.4. The van der Waals surface area contributed by atoms with E-state index in [1.54, 1.807) is 6.08 Å². The van der Waals surface area contributed by atoms with E-state index in [9.17, 15) is 4.79 Å². The average Bonchev–Trinajstić information content (AvgIpc) is 2.87. The molecular weight excluding hydrogens is 450 g/mol. The van der Waals surface area contributed by atoms with Gasteiger partial charge in [-0.15, -0.1) is 0 Å². The monoisotopic (exact) mass is 509 g/mol. The number of nitriles is 1. The van der Waals surface area contributed by atoms with E-state index in [2.05, 4.69) is 27.7 Å². The van der Waals surface area contributed by atoms with Crippen molar-refractivity contribution in [2.75, 3.05) is 13.2 Å². The molecule has 1 fully saturated rings. The molecule has 0 bridgehead atoms. The van der Waals surface area contributed by atoms with Crippen LogP contribution in [0.5, 0.6) is 0 Å². The second kappa shape index (κ2) is 27.9. The number of carboxylic acid groups (broad SMARTS) is 1. The SMILES string of the molecule is CCC(C)(C)/C=C(\C#N)C(C)=O.CCCC(CCC)C1CCCCC1.CCCCOCCC.O=CO. The minimum Gasteiger partial charge on any atom is -0.483 e. The van der Waals surface area contributed by atoms with E-state index in [1.807, 2.05) is 26.8 Å². The summed E-state index contributed by atoms with van der Waals surface area (Å²) in [7, 11) is 0. The van der Waals surface area contributed by atoms with Crippen LogP contribution < -0.4 is 0 Å². The molecule has 0 spiro atoms. The van der Waals surface area contributed by atoms with E-state index in [1.165, 1.54) is 77.6 Å². The van der Waals surface area contributed by atoms with Crippen LogP contribution in [0.4, 0.5) is 0 Å². The number of hydrogen-bond donors (Lipinski definition) is 1. The van der Waals surface area contributed by atoms with E-state index in [0.717, 1.165) is 37.9 Å². The summed E-state index contributed by atoms with van der Waals surface area (Å²) in [6.07, 6.45) is 19.6. The van der Waals surface area contributed by atoms with Gasteiger partial charge < -0.3 is 9.84 Å². The molecule has 0 aliphatic heterocycles. The fourth-order valence-corrected chi connectivity index (χ4v) is 4.16. The van der Waals surface area contributed by atoms with Crippen molar-refractivity contribution in [2.45, 2.75) is 139 Å². The van der Waals surface area contributed by atoms with Crippen LogP contribution in [0, 0.1) is 28.6 Å². The van der Waals surface area contributed by atoms with Crippen molar-refractivity contribution in [3.63, 3.8) is 0 Å². The molecular formula is C31H59NO4. The molecule has 0 heterocycles. The zero-order valence-corrected chi connectivity index (χ0v) is 25.0. The Balaban J connectivity index is -0.000000440. The molecule has 0 atom stereocenters. The summed E-state index contributed by atoms with van der Waals surface area (Å²) in [5.74, 6) is 2.00. The predicted molar refractivity (Wildman–Crippen MR) is 153 cm³/mol. The standard InChI is InChI=1S/C13H26.C10H15NO.C7H16O.CH2O2/c1-3-8-12(9-4-2)13-10-6-5-7-11-13;1-5-10(3,4)6-9(7-11)8(2)12;1-3-5-7-8-6-4-2;2-1-3/h12-13H,3-11H2,1-2H3;6H,5H2,1-4H3;3-7H2,1-2H3;1H,(H,2,3)/b;9-6+;;. The zero-order valence-electron chi connectivity index (χ0n) is 25.0. The number of hydrogen-bond acceptors (Lipinski definition) is 4. The van der Waals surface area contributed by atoms with Crippen LogP contribution in [0.1, 0.15) is 139 Å². The van der Waals surface area contributed by atoms with Crippen LogP contribution in [0.2, 0.25) is 0 Å². The summed E-state index contributed by atoms with van der Waals surface area (Å²) in [5.41, 5.74) is 0.207. The number of rotatable bonds is 13. The third kappa shape index (κ3) is 25.4. The molecule has 0 aromatic carbocycles. The van der Waals surface area contributed by atoms with Crippen molar-refractivity contribution in [3.05, 3.63) is 11.6 Å². The quantitative estimate of drug-likeness (QED) is 0.116. The van der Waals surface area contributed by atoms with Crippen molar-refractivity contribution >= 4 is 12.3 Å². The summed E-state index contributed by atoms with van der Waals surface area (Å²) >= 11 is 0. The van der Waals surface area contributed by atoms with Gasteiger partial charge in [0.25, 0.3) is 6.47 Å². The number of ketones is 1. The van der Waals surface area contributed by atoms with Crippen molar-refractivity contribution < 1.29 is 19.4 Å². The summed E-state index contributed by atoms with van der Waals surface area (Å²) in [6.45, 7) is 18.1. The fourth-order valence-electron chi connectivity index (χ4n) is 4.16. The van der Waals surface area contributed by atoms with Crippen molar-refractivity contribution in [1.82, 2.24) is 0 Å². The van der Waals surface area contributed by atoms with Gasteiger partial charge in [-0.3, -0.25) is 9.59 Å². The molecule has 0 amide bonds. The van der Waals surface area contributed by atoms with Crippen molar-refractivity contribution in [3.8, 4) is 6.07 Å². The van der Waals surface area contributed by atoms with E-state index in [4.69, 9.17) is 19.9 Å². The minimum atomic E-state index is -0.250. The van der Waals surface area contributed by atoms with E-state index in [-0.39, 0.29) is 23.2 Å². The molecule has 1 saturated carbocycles. The smallest absolute Gasteiger partial charge is 0.290 e. The Morgan fingerprint density at radius 1 is 1.00 bits per heavy atom. The van der Waals surface area contributed by atoms with Crippen molar-refractivity contribution in [2.24, 2.45) is 17.3 Å². The molecule has 0 saturated heterocycles.